The molecule has 1 atom stereocenters. The zero-order valence-corrected chi connectivity index (χ0v) is 15.0. The number of likely N-dealkylation sites (N-methyl/N-ethyl adjacent to an activating group) is 1. The van der Waals surface area contributed by atoms with E-state index in [4.69, 9.17) is 28.9 Å². The SMILES string of the molecule is CN(C)CCn1ncc(Cl)c1C(N)c1ccc(Cl)cc1Br. The molecule has 1 aromatic carbocycles. The fourth-order valence-electron chi connectivity index (χ4n) is 2.06. The summed E-state index contributed by atoms with van der Waals surface area (Å²) >= 11 is 15.7. The molecule has 0 saturated heterocycles. The number of aromatic nitrogens is 2. The number of rotatable bonds is 5. The van der Waals surface area contributed by atoms with Crippen molar-refractivity contribution < 1.29 is 0 Å². The lowest BCUT2D eigenvalue weighted by Gasteiger charge is -2.18. The van der Waals surface area contributed by atoms with Gasteiger partial charge >= 0.3 is 0 Å². The van der Waals surface area contributed by atoms with Crippen molar-refractivity contribution in [3.05, 3.63) is 50.2 Å². The molecule has 1 aromatic heterocycles. The molecule has 0 fully saturated rings. The molecule has 0 bridgehead atoms. The molecule has 2 rings (SSSR count). The summed E-state index contributed by atoms with van der Waals surface area (Å²) in [6.07, 6.45) is 1.64. The van der Waals surface area contributed by atoms with Gasteiger partial charge in [0.25, 0.3) is 0 Å². The van der Waals surface area contributed by atoms with E-state index < -0.39 is 0 Å². The molecule has 0 aliphatic heterocycles. The smallest absolute Gasteiger partial charge is 0.0837 e. The first-order chi connectivity index (χ1) is 9.90. The molecule has 0 aliphatic carbocycles. The van der Waals surface area contributed by atoms with Gasteiger partial charge in [-0.25, -0.2) is 0 Å². The molecular weight excluding hydrogens is 375 g/mol. The molecule has 0 amide bonds. The Labute approximate surface area is 142 Å². The van der Waals surface area contributed by atoms with Crippen molar-refractivity contribution in [1.82, 2.24) is 14.7 Å². The van der Waals surface area contributed by atoms with E-state index in [-0.39, 0.29) is 6.04 Å². The summed E-state index contributed by atoms with van der Waals surface area (Å²) in [7, 11) is 4.03. The van der Waals surface area contributed by atoms with Gasteiger partial charge in [-0.05, 0) is 31.8 Å². The largest absolute Gasteiger partial charge is 0.319 e. The Bertz CT molecular complexity index is 627. The number of benzene rings is 1. The summed E-state index contributed by atoms with van der Waals surface area (Å²) in [6, 6.07) is 5.17. The van der Waals surface area contributed by atoms with Crippen LogP contribution in [0.4, 0.5) is 0 Å². The Morgan fingerprint density at radius 1 is 1.38 bits per heavy atom. The third-order valence-electron chi connectivity index (χ3n) is 3.18. The molecule has 0 aliphatic rings. The summed E-state index contributed by atoms with van der Waals surface area (Å²) in [6.45, 7) is 1.59. The van der Waals surface area contributed by atoms with Crippen molar-refractivity contribution in [3.63, 3.8) is 0 Å². The van der Waals surface area contributed by atoms with Gasteiger partial charge in [0.2, 0.25) is 0 Å². The van der Waals surface area contributed by atoms with Crippen LogP contribution in [0, 0.1) is 0 Å². The number of hydrogen-bond donors (Lipinski definition) is 1. The van der Waals surface area contributed by atoms with Crippen LogP contribution in [0.3, 0.4) is 0 Å². The van der Waals surface area contributed by atoms with Gasteiger partial charge in [-0.1, -0.05) is 45.2 Å². The normalized spacial score (nSPS) is 12.9. The van der Waals surface area contributed by atoms with Gasteiger partial charge in [0.15, 0.2) is 0 Å². The van der Waals surface area contributed by atoms with E-state index in [1.54, 1.807) is 6.20 Å². The first-order valence-electron chi connectivity index (χ1n) is 6.46. The summed E-state index contributed by atoms with van der Waals surface area (Å²) in [5, 5.41) is 5.55. The van der Waals surface area contributed by atoms with Crippen molar-refractivity contribution in [2.45, 2.75) is 12.6 Å². The lowest BCUT2D eigenvalue weighted by molar-refractivity contribution is 0.368. The molecule has 0 radical (unpaired) electrons. The molecular formula is C14H17BrCl2N4. The lowest BCUT2D eigenvalue weighted by atomic mass is 10.0. The van der Waals surface area contributed by atoms with E-state index in [0.717, 1.165) is 28.8 Å². The molecule has 1 unspecified atom stereocenters. The predicted molar refractivity (Wildman–Crippen MR) is 91.0 cm³/mol. The third kappa shape index (κ3) is 3.99. The van der Waals surface area contributed by atoms with Gasteiger partial charge < -0.3 is 10.6 Å². The summed E-state index contributed by atoms with van der Waals surface area (Å²) < 4.78 is 2.72. The molecule has 21 heavy (non-hydrogen) atoms. The summed E-state index contributed by atoms with van der Waals surface area (Å²) in [4.78, 5) is 2.09. The fraction of sp³-hybridized carbons (Fsp3) is 0.357. The third-order valence-corrected chi connectivity index (χ3v) is 4.40. The molecule has 0 saturated carbocycles. The second kappa shape index (κ2) is 7.11. The van der Waals surface area contributed by atoms with Crippen LogP contribution in [0.15, 0.2) is 28.9 Å². The molecule has 2 aromatic rings. The second-order valence-electron chi connectivity index (χ2n) is 5.05. The summed E-state index contributed by atoms with van der Waals surface area (Å²) in [5.74, 6) is 0. The second-order valence-corrected chi connectivity index (χ2v) is 6.75. The van der Waals surface area contributed by atoms with Crippen molar-refractivity contribution in [3.8, 4) is 0 Å². The molecule has 7 heteroatoms. The monoisotopic (exact) mass is 390 g/mol. The van der Waals surface area contributed by atoms with Crippen LogP contribution in [-0.2, 0) is 6.54 Å². The quantitative estimate of drug-likeness (QED) is 0.847. The number of hydrogen-bond acceptors (Lipinski definition) is 3. The van der Waals surface area contributed by atoms with Crippen LogP contribution in [0.2, 0.25) is 10.0 Å². The van der Waals surface area contributed by atoms with Gasteiger partial charge in [0.05, 0.1) is 29.5 Å². The zero-order valence-electron chi connectivity index (χ0n) is 11.9. The average Bonchev–Trinajstić information content (AvgIpc) is 2.77. The van der Waals surface area contributed by atoms with Gasteiger partial charge in [0.1, 0.15) is 0 Å². The van der Waals surface area contributed by atoms with Gasteiger partial charge in [-0.3, -0.25) is 4.68 Å². The minimum Gasteiger partial charge on any atom is -0.319 e. The first kappa shape index (κ1) is 16.8. The van der Waals surface area contributed by atoms with Crippen molar-refractivity contribution in [2.24, 2.45) is 5.73 Å². The van der Waals surface area contributed by atoms with E-state index in [1.807, 2.05) is 37.0 Å². The van der Waals surface area contributed by atoms with E-state index >= 15 is 0 Å². The topological polar surface area (TPSA) is 47.1 Å². The fourth-order valence-corrected chi connectivity index (χ4v) is 3.24. The van der Waals surface area contributed by atoms with Crippen LogP contribution < -0.4 is 5.73 Å². The number of halogens is 3. The molecule has 1 heterocycles. The van der Waals surface area contributed by atoms with Crippen molar-refractivity contribution in [1.29, 1.82) is 0 Å². The standard InChI is InChI=1S/C14H17BrCl2N4/c1-20(2)5-6-21-14(12(17)8-19-21)13(18)10-4-3-9(16)7-11(10)15/h3-4,7-8,13H,5-6,18H2,1-2H3. The highest BCUT2D eigenvalue weighted by Gasteiger charge is 2.20. The maximum atomic E-state index is 6.39. The number of nitrogens with zero attached hydrogens (tertiary/aromatic N) is 3. The molecule has 2 N–H and O–H groups in total. The zero-order chi connectivity index (χ0) is 15.6. The lowest BCUT2D eigenvalue weighted by Crippen LogP contribution is -2.23. The maximum absolute atomic E-state index is 6.39. The summed E-state index contributed by atoms with van der Waals surface area (Å²) in [5.41, 5.74) is 8.12. The van der Waals surface area contributed by atoms with Gasteiger partial charge in [-0.2, -0.15) is 5.10 Å². The Balaban J connectivity index is 2.34. The predicted octanol–water partition coefficient (Wildman–Crippen LogP) is 3.56. The van der Waals surface area contributed by atoms with Crippen LogP contribution in [0.1, 0.15) is 17.3 Å². The van der Waals surface area contributed by atoms with E-state index in [9.17, 15) is 0 Å². The Kier molecular flexibility index (Phi) is 5.68. The Hall–Kier alpha value is -0.590. The van der Waals surface area contributed by atoms with E-state index in [1.165, 1.54) is 0 Å². The molecule has 4 nitrogen and oxygen atoms in total. The van der Waals surface area contributed by atoms with Crippen molar-refractivity contribution >= 4 is 39.1 Å². The van der Waals surface area contributed by atoms with Crippen LogP contribution in [-0.4, -0.2) is 35.3 Å². The highest BCUT2D eigenvalue weighted by atomic mass is 79.9. The average molecular weight is 392 g/mol. The highest BCUT2D eigenvalue weighted by Crippen LogP contribution is 2.32. The Morgan fingerprint density at radius 3 is 2.71 bits per heavy atom. The van der Waals surface area contributed by atoms with E-state index in [0.29, 0.717) is 10.0 Å². The Morgan fingerprint density at radius 2 is 2.10 bits per heavy atom. The van der Waals surface area contributed by atoms with E-state index in [2.05, 4.69) is 25.9 Å². The number of nitrogens with two attached hydrogens (primary N) is 1. The van der Waals surface area contributed by atoms with Crippen molar-refractivity contribution in [2.75, 3.05) is 20.6 Å². The maximum Gasteiger partial charge on any atom is 0.0837 e. The van der Waals surface area contributed by atoms with Crippen LogP contribution >= 0.6 is 39.1 Å². The minimum absolute atomic E-state index is 0.367. The first-order valence-corrected chi connectivity index (χ1v) is 8.01. The van der Waals surface area contributed by atoms with Crippen LogP contribution in [0.5, 0.6) is 0 Å². The minimum atomic E-state index is -0.367. The highest BCUT2D eigenvalue weighted by molar-refractivity contribution is 9.10. The van der Waals surface area contributed by atoms with Gasteiger partial charge in [0, 0.05) is 16.0 Å². The molecule has 0 spiro atoms. The van der Waals surface area contributed by atoms with Crippen LogP contribution in [0.25, 0.3) is 0 Å². The van der Waals surface area contributed by atoms with Gasteiger partial charge in [-0.15, -0.1) is 0 Å². The molecule has 114 valence electrons.